The minimum absolute atomic E-state index is 0.0443. The minimum atomic E-state index is -1.65. The molecule has 2 atom stereocenters. The van der Waals surface area contributed by atoms with Crippen LogP contribution in [0.25, 0.3) is 0 Å². The van der Waals surface area contributed by atoms with Gasteiger partial charge in [0.05, 0.1) is 23.4 Å². The van der Waals surface area contributed by atoms with Crippen molar-refractivity contribution >= 4 is 0 Å². The second kappa shape index (κ2) is 9.28. The number of rotatable bonds is 4. The maximum atomic E-state index is 13.3. The Hall–Kier alpha value is -4.08. The zero-order chi connectivity index (χ0) is 25.3. The molecule has 2 N–H and O–H groups in total. The van der Waals surface area contributed by atoms with Crippen LogP contribution in [-0.4, -0.2) is 0 Å². The Balaban J connectivity index is 1.89. The molecule has 2 aromatic rings. The summed E-state index contributed by atoms with van der Waals surface area (Å²) in [5, 5.41) is 30.6. The summed E-state index contributed by atoms with van der Waals surface area (Å²) >= 11 is 0. The van der Waals surface area contributed by atoms with Crippen LogP contribution in [0.2, 0.25) is 0 Å². The highest BCUT2D eigenvalue weighted by atomic mass is 19.1. The average Bonchev–Trinajstić information content (AvgIpc) is 2.85. The number of hydrogen-bond acceptors (Lipinski definition) is 5. The number of ether oxygens (including phenoxy) is 1. The van der Waals surface area contributed by atoms with Gasteiger partial charge in [0.15, 0.2) is 5.41 Å². The molecule has 0 spiro atoms. The fourth-order valence-electron chi connectivity index (χ4n) is 5.82. The predicted molar refractivity (Wildman–Crippen MR) is 130 cm³/mol. The van der Waals surface area contributed by atoms with E-state index in [0.717, 1.165) is 52.7 Å². The zero-order valence-electron chi connectivity index (χ0n) is 20.2. The fourth-order valence-corrected chi connectivity index (χ4v) is 5.82. The topological polar surface area (TPSA) is 107 Å². The molecule has 0 aromatic heterocycles. The Morgan fingerprint density at radius 3 is 2.40 bits per heavy atom. The van der Waals surface area contributed by atoms with E-state index in [1.165, 1.54) is 12.1 Å². The smallest absolute Gasteiger partial charge is 0.191 e. The molecule has 0 saturated carbocycles. The molecule has 5 nitrogen and oxygen atoms in total. The first-order valence-corrected chi connectivity index (χ1v) is 11.7. The van der Waals surface area contributed by atoms with E-state index >= 15 is 0 Å². The molecule has 0 saturated heterocycles. The first kappa shape index (κ1) is 24.1. The van der Waals surface area contributed by atoms with E-state index < -0.39 is 11.3 Å². The predicted octanol–water partition coefficient (Wildman–Crippen LogP) is 5.92. The summed E-state index contributed by atoms with van der Waals surface area (Å²) in [5.74, 6) is -0.443. The van der Waals surface area contributed by atoms with Gasteiger partial charge in [-0.2, -0.15) is 15.8 Å². The SMILES string of the molecule is Cc1cc(C)c([C@H]2[C@@H]3CCCC=C3C(C#N)=C(N)C2(C#N)C#N)c(C)c1COc1ccc(F)cc1. The van der Waals surface area contributed by atoms with E-state index in [0.29, 0.717) is 5.75 Å². The Morgan fingerprint density at radius 1 is 1.09 bits per heavy atom. The van der Waals surface area contributed by atoms with E-state index in [-0.39, 0.29) is 29.6 Å². The van der Waals surface area contributed by atoms with Gasteiger partial charge in [-0.3, -0.25) is 0 Å². The van der Waals surface area contributed by atoms with Crippen LogP contribution in [0.15, 0.2) is 53.3 Å². The van der Waals surface area contributed by atoms with E-state index in [9.17, 15) is 20.2 Å². The molecule has 35 heavy (non-hydrogen) atoms. The standard InChI is InChI=1S/C29H27FN4O/c1-17-12-18(2)26(19(3)25(17)14-35-21-10-8-20(30)9-11-21)27-23-7-5-4-6-22(23)24(13-31)28(34)29(27,15-32)16-33/h6,8-12,23,27H,4-5,7,14,34H2,1-3H3/t23-,27-/m1/s1. The largest absolute Gasteiger partial charge is 0.489 e. The summed E-state index contributed by atoms with van der Waals surface area (Å²) in [5.41, 5.74) is 10.8. The normalized spacial score (nSPS) is 20.7. The molecule has 176 valence electrons. The Bertz CT molecular complexity index is 1350. The van der Waals surface area contributed by atoms with Gasteiger partial charge in [0, 0.05) is 5.92 Å². The van der Waals surface area contributed by atoms with Crippen molar-refractivity contribution in [1.29, 1.82) is 15.8 Å². The van der Waals surface area contributed by atoms with Crippen LogP contribution in [0.1, 0.15) is 53.0 Å². The van der Waals surface area contributed by atoms with Gasteiger partial charge in [-0.05, 0) is 104 Å². The molecule has 4 rings (SSSR count). The first-order chi connectivity index (χ1) is 16.8. The number of benzene rings is 2. The van der Waals surface area contributed by atoms with Gasteiger partial charge in [-0.1, -0.05) is 12.1 Å². The first-order valence-electron chi connectivity index (χ1n) is 11.7. The molecule has 0 bridgehead atoms. The summed E-state index contributed by atoms with van der Waals surface area (Å²) in [4.78, 5) is 0. The maximum Gasteiger partial charge on any atom is 0.191 e. The van der Waals surface area contributed by atoms with Crippen molar-refractivity contribution in [3.8, 4) is 24.0 Å². The fraction of sp³-hybridized carbons (Fsp3) is 0.345. The lowest BCUT2D eigenvalue weighted by Gasteiger charge is -2.44. The van der Waals surface area contributed by atoms with E-state index in [1.54, 1.807) is 12.1 Å². The number of nitrogens with two attached hydrogens (primary N) is 1. The lowest BCUT2D eigenvalue weighted by atomic mass is 9.55. The molecule has 2 aromatic carbocycles. The van der Waals surface area contributed by atoms with Crippen molar-refractivity contribution in [3.63, 3.8) is 0 Å². The molecule has 0 heterocycles. The Morgan fingerprint density at radius 2 is 1.77 bits per heavy atom. The molecule has 6 heteroatoms. The zero-order valence-corrected chi connectivity index (χ0v) is 20.2. The highest BCUT2D eigenvalue weighted by molar-refractivity contribution is 5.61. The van der Waals surface area contributed by atoms with Gasteiger partial charge in [0.1, 0.15) is 24.2 Å². The van der Waals surface area contributed by atoms with Crippen LogP contribution < -0.4 is 10.5 Å². The molecule has 0 aliphatic heterocycles. The van der Waals surface area contributed by atoms with Crippen LogP contribution >= 0.6 is 0 Å². The van der Waals surface area contributed by atoms with Gasteiger partial charge in [-0.15, -0.1) is 0 Å². The summed E-state index contributed by atoms with van der Waals surface area (Å²) in [6.07, 6.45) is 4.57. The number of hydrogen-bond donors (Lipinski definition) is 1. The van der Waals surface area contributed by atoms with Crippen LogP contribution in [0.4, 0.5) is 4.39 Å². The maximum absolute atomic E-state index is 13.3. The third-order valence-electron chi connectivity index (χ3n) is 7.50. The monoisotopic (exact) mass is 466 g/mol. The van der Waals surface area contributed by atoms with Crippen molar-refractivity contribution in [2.24, 2.45) is 17.1 Å². The van der Waals surface area contributed by atoms with Gasteiger partial charge in [0.25, 0.3) is 0 Å². The van der Waals surface area contributed by atoms with Crippen molar-refractivity contribution in [1.82, 2.24) is 0 Å². The van der Waals surface area contributed by atoms with Crippen molar-refractivity contribution < 1.29 is 9.13 Å². The molecular weight excluding hydrogens is 439 g/mol. The van der Waals surface area contributed by atoms with Crippen LogP contribution in [-0.2, 0) is 6.61 Å². The highest BCUT2D eigenvalue weighted by Gasteiger charge is 2.54. The second-order valence-corrected chi connectivity index (χ2v) is 9.38. The molecule has 0 radical (unpaired) electrons. The van der Waals surface area contributed by atoms with E-state index in [4.69, 9.17) is 10.5 Å². The number of halogens is 1. The lowest BCUT2D eigenvalue weighted by molar-refractivity contribution is 0.300. The minimum Gasteiger partial charge on any atom is -0.489 e. The van der Waals surface area contributed by atoms with Gasteiger partial charge < -0.3 is 10.5 Å². The number of nitriles is 3. The summed E-state index contributed by atoms with van der Waals surface area (Å²) in [6, 6.07) is 14.6. The summed E-state index contributed by atoms with van der Waals surface area (Å²) < 4.78 is 19.3. The van der Waals surface area contributed by atoms with E-state index in [1.807, 2.05) is 26.8 Å². The number of fused-ring (bicyclic) bond motifs is 1. The lowest BCUT2D eigenvalue weighted by Crippen LogP contribution is -2.43. The number of allylic oxidation sites excluding steroid dienone is 4. The summed E-state index contributed by atoms with van der Waals surface area (Å²) in [6.45, 7) is 6.25. The van der Waals surface area contributed by atoms with Crippen LogP contribution in [0.3, 0.4) is 0 Å². The highest BCUT2D eigenvalue weighted by Crippen LogP contribution is 2.57. The van der Waals surface area contributed by atoms with Gasteiger partial charge in [-0.25, -0.2) is 4.39 Å². The third-order valence-corrected chi connectivity index (χ3v) is 7.50. The molecule has 2 aliphatic rings. The second-order valence-electron chi connectivity index (χ2n) is 9.38. The van der Waals surface area contributed by atoms with Crippen molar-refractivity contribution in [2.45, 2.75) is 52.6 Å². The van der Waals surface area contributed by atoms with Gasteiger partial charge >= 0.3 is 0 Å². The Kier molecular flexibility index (Phi) is 6.38. The van der Waals surface area contributed by atoms with Crippen LogP contribution in [0.5, 0.6) is 5.75 Å². The van der Waals surface area contributed by atoms with Crippen molar-refractivity contribution in [2.75, 3.05) is 0 Å². The molecule has 0 unspecified atom stereocenters. The Labute approximate surface area is 205 Å². The quantitative estimate of drug-likeness (QED) is 0.601. The van der Waals surface area contributed by atoms with Crippen LogP contribution in [0, 0.1) is 71.9 Å². The molecular formula is C29H27FN4O. The van der Waals surface area contributed by atoms with Gasteiger partial charge in [0.2, 0.25) is 0 Å². The molecule has 0 amide bonds. The molecule has 2 aliphatic carbocycles. The van der Waals surface area contributed by atoms with E-state index in [2.05, 4.69) is 24.3 Å². The third kappa shape index (κ3) is 3.84. The summed E-state index contributed by atoms with van der Waals surface area (Å²) in [7, 11) is 0. The number of aryl methyl sites for hydroxylation is 2. The number of nitrogens with zero attached hydrogens (tertiary/aromatic N) is 3. The van der Waals surface area contributed by atoms with Crippen molar-refractivity contribution in [3.05, 3.63) is 86.9 Å². The molecule has 0 fully saturated rings. The average molecular weight is 467 g/mol.